The van der Waals surface area contributed by atoms with Gasteiger partial charge in [0.25, 0.3) is 5.91 Å². The zero-order valence-corrected chi connectivity index (χ0v) is 18.1. The normalized spacial score (nSPS) is 12.3. The summed E-state index contributed by atoms with van der Waals surface area (Å²) in [5.41, 5.74) is 0.679. The van der Waals surface area contributed by atoms with Crippen LogP contribution in [-0.4, -0.2) is 40.0 Å². The van der Waals surface area contributed by atoms with Crippen molar-refractivity contribution in [2.75, 3.05) is 18.5 Å². The van der Waals surface area contributed by atoms with Crippen LogP contribution in [-0.2, 0) is 24.3 Å². The maximum Gasteiger partial charge on any atom is 0.307 e. The smallest absolute Gasteiger partial charge is 0.307 e. The highest BCUT2D eigenvalue weighted by Gasteiger charge is 2.23. The van der Waals surface area contributed by atoms with E-state index in [-0.39, 0.29) is 23.8 Å². The highest BCUT2D eigenvalue weighted by molar-refractivity contribution is 7.89. The van der Waals surface area contributed by atoms with Crippen molar-refractivity contribution in [3.8, 4) is 0 Å². The summed E-state index contributed by atoms with van der Waals surface area (Å²) in [6, 6.07) is 21.3. The molecule has 0 aliphatic carbocycles. The number of nitrogens with one attached hydrogen (secondary N) is 1. The largest absolute Gasteiger partial charge is 0.452 e. The standard InChI is InChI=1S/C23H24N2O5S/c1-17(23(27)25(2)20-10-4-3-5-11-20)30-22(26)14-15-24-31(28,29)21-13-12-18-8-6-7-9-19(18)16-21/h3-13,16-17,24H,14-15H2,1-2H3. The first kappa shape index (κ1) is 22.5. The first-order chi connectivity index (χ1) is 14.8. The van der Waals surface area contributed by atoms with E-state index in [4.69, 9.17) is 4.74 Å². The quantitative estimate of drug-likeness (QED) is 0.544. The molecule has 0 saturated heterocycles. The minimum atomic E-state index is -3.77. The first-order valence-corrected chi connectivity index (χ1v) is 11.3. The SMILES string of the molecule is CC(OC(=O)CCNS(=O)(=O)c1ccc2ccccc2c1)C(=O)N(C)c1ccccc1. The van der Waals surface area contributed by atoms with Crippen LogP contribution in [0.15, 0.2) is 77.7 Å². The zero-order valence-electron chi connectivity index (χ0n) is 17.3. The van der Waals surface area contributed by atoms with Crippen molar-refractivity contribution < 1.29 is 22.7 Å². The predicted octanol–water partition coefficient (Wildman–Crippen LogP) is 3.10. The average Bonchev–Trinajstić information content (AvgIpc) is 2.78. The van der Waals surface area contributed by atoms with Crippen molar-refractivity contribution in [3.63, 3.8) is 0 Å². The van der Waals surface area contributed by atoms with Gasteiger partial charge in [-0.2, -0.15) is 0 Å². The molecular formula is C23H24N2O5S. The molecule has 0 saturated carbocycles. The fraction of sp³-hybridized carbons (Fsp3) is 0.217. The summed E-state index contributed by atoms with van der Waals surface area (Å²) in [5, 5.41) is 1.74. The van der Waals surface area contributed by atoms with Crippen LogP contribution >= 0.6 is 0 Å². The highest BCUT2D eigenvalue weighted by Crippen LogP contribution is 2.19. The molecule has 0 heterocycles. The Balaban J connectivity index is 1.52. The van der Waals surface area contributed by atoms with Gasteiger partial charge in [-0.3, -0.25) is 9.59 Å². The van der Waals surface area contributed by atoms with Gasteiger partial charge in [0.1, 0.15) is 0 Å². The Bertz CT molecular complexity index is 1180. The second-order valence-electron chi connectivity index (χ2n) is 7.02. The number of carbonyl (C=O) groups excluding carboxylic acids is 2. The molecule has 0 bridgehead atoms. The number of benzene rings is 3. The van der Waals surface area contributed by atoms with Gasteiger partial charge in [-0.15, -0.1) is 0 Å². The van der Waals surface area contributed by atoms with E-state index in [1.807, 2.05) is 30.3 Å². The maximum absolute atomic E-state index is 12.5. The van der Waals surface area contributed by atoms with Crippen molar-refractivity contribution in [2.24, 2.45) is 0 Å². The summed E-state index contributed by atoms with van der Waals surface area (Å²) in [6.45, 7) is 1.35. The molecule has 0 aliphatic rings. The number of ether oxygens (including phenoxy) is 1. The molecule has 3 aromatic rings. The fourth-order valence-corrected chi connectivity index (χ4v) is 4.13. The summed E-state index contributed by atoms with van der Waals surface area (Å²) in [6.07, 6.45) is -1.19. The van der Waals surface area contributed by atoms with Crippen LogP contribution in [0.4, 0.5) is 5.69 Å². The number of carbonyl (C=O) groups is 2. The minimum Gasteiger partial charge on any atom is -0.452 e. The van der Waals surface area contributed by atoms with E-state index in [0.29, 0.717) is 5.69 Å². The Morgan fingerprint density at radius 2 is 1.61 bits per heavy atom. The van der Waals surface area contributed by atoms with E-state index in [9.17, 15) is 18.0 Å². The van der Waals surface area contributed by atoms with Gasteiger partial charge >= 0.3 is 5.97 Å². The van der Waals surface area contributed by atoms with E-state index in [0.717, 1.165) is 10.8 Å². The summed E-state index contributed by atoms with van der Waals surface area (Å²) in [7, 11) is -2.18. The maximum atomic E-state index is 12.5. The van der Waals surface area contributed by atoms with Crippen LogP contribution in [0.25, 0.3) is 10.8 Å². The Kier molecular flexibility index (Phi) is 7.04. The molecule has 1 amide bonds. The number of anilines is 1. The lowest BCUT2D eigenvalue weighted by molar-refractivity contribution is -0.153. The second-order valence-corrected chi connectivity index (χ2v) is 8.79. The Morgan fingerprint density at radius 1 is 0.968 bits per heavy atom. The summed E-state index contributed by atoms with van der Waals surface area (Å²) in [4.78, 5) is 26.0. The van der Waals surface area contributed by atoms with Gasteiger partial charge in [0, 0.05) is 19.3 Å². The van der Waals surface area contributed by atoms with Gasteiger partial charge in [0.05, 0.1) is 11.3 Å². The monoisotopic (exact) mass is 440 g/mol. The number of fused-ring (bicyclic) bond motifs is 1. The number of hydrogen-bond donors (Lipinski definition) is 1. The van der Waals surface area contributed by atoms with Crippen molar-refractivity contribution in [3.05, 3.63) is 72.8 Å². The molecule has 162 valence electrons. The van der Waals surface area contributed by atoms with Gasteiger partial charge in [-0.1, -0.05) is 48.5 Å². The van der Waals surface area contributed by atoms with Crippen LogP contribution < -0.4 is 9.62 Å². The zero-order chi connectivity index (χ0) is 22.4. The van der Waals surface area contributed by atoms with Gasteiger partial charge in [0.2, 0.25) is 10.0 Å². The fourth-order valence-electron chi connectivity index (χ4n) is 3.06. The molecule has 3 rings (SSSR count). The number of esters is 1. The van der Waals surface area contributed by atoms with Crippen LogP contribution in [0, 0.1) is 0 Å². The molecule has 1 N–H and O–H groups in total. The number of para-hydroxylation sites is 1. The third kappa shape index (κ3) is 5.68. The Hall–Kier alpha value is -3.23. The molecule has 0 aromatic heterocycles. The molecule has 0 aliphatic heterocycles. The van der Waals surface area contributed by atoms with Crippen molar-refractivity contribution >= 4 is 38.4 Å². The number of nitrogens with zero attached hydrogens (tertiary/aromatic N) is 1. The molecule has 0 radical (unpaired) electrons. The van der Waals surface area contributed by atoms with Crippen LogP contribution in [0.1, 0.15) is 13.3 Å². The van der Waals surface area contributed by atoms with Gasteiger partial charge < -0.3 is 9.64 Å². The number of hydrogen-bond acceptors (Lipinski definition) is 5. The van der Waals surface area contributed by atoms with E-state index in [1.54, 1.807) is 43.4 Å². The Morgan fingerprint density at radius 3 is 2.32 bits per heavy atom. The lowest BCUT2D eigenvalue weighted by atomic mass is 10.1. The van der Waals surface area contributed by atoms with Crippen molar-refractivity contribution in [2.45, 2.75) is 24.3 Å². The topological polar surface area (TPSA) is 92.8 Å². The van der Waals surface area contributed by atoms with Gasteiger partial charge in [-0.05, 0) is 42.0 Å². The predicted molar refractivity (Wildman–Crippen MR) is 119 cm³/mol. The lowest BCUT2D eigenvalue weighted by Gasteiger charge is -2.21. The van der Waals surface area contributed by atoms with Gasteiger partial charge in [0.15, 0.2) is 6.10 Å². The highest BCUT2D eigenvalue weighted by atomic mass is 32.2. The van der Waals surface area contributed by atoms with E-state index < -0.39 is 22.1 Å². The molecule has 1 atom stereocenters. The number of amides is 1. The van der Waals surface area contributed by atoms with E-state index in [1.165, 1.54) is 17.9 Å². The average molecular weight is 441 g/mol. The van der Waals surface area contributed by atoms with Crippen molar-refractivity contribution in [1.29, 1.82) is 0 Å². The molecule has 31 heavy (non-hydrogen) atoms. The second kappa shape index (κ2) is 9.72. The summed E-state index contributed by atoms with van der Waals surface area (Å²) < 4.78 is 32.6. The van der Waals surface area contributed by atoms with Crippen molar-refractivity contribution in [1.82, 2.24) is 4.72 Å². The first-order valence-electron chi connectivity index (χ1n) is 9.78. The molecular weight excluding hydrogens is 416 g/mol. The molecule has 0 fully saturated rings. The molecule has 7 nitrogen and oxygen atoms in total. The molecule has 8 heteroatoms. The van der Waals surface area contributed by atoms with Crippen LogP contribution in [0.2, 0.25) is 0 Å². The minimum absolute atomic E-state index is 0.118. The van der Waals surface area contributed by atoms with Gasteiger partial charge in [-0.25, -0.2) is 13.1 Å². The summed E-state index contributed by atoms with van der Waals surface area (Å²) in [5.74, 6) is -1.04. The lowest BCUT2D eigenvalue weighted by Crippen LogP contribution is -2.38. The molecule has 3 aromatic carbocycles. The molecule has 0 spiro atoms. The molecule has 1 unspecified atom stereocenters. The van der Waals surface area contributed by atoms with Crippen LogP contribution in [0.5, 0.6) is 0 Å². The third-order valence-electron chi connectivity index (χ3n) is 4.78. The Labute approximate surface area is 181 Å². The number of rotatable bonds is 8. The van der Waals surface area contributed by atoms with E-state index in [2.05, 4.69) is 4.72 Å². The number of likely N-dealkylation sites (N-methyl/N-ethyl adjacent to an activating group) is 1. The van der Waals surface area contributed by atoms with E-state index >= 15 is 0 Å². The third-order valence-corrected chi connectivity index (χ3v) is 6.24. The van der Waals surface area contributed by atoms with Crippen LogP contribution in [0.3, 0.4) is 0 Å². The summed E-state index contributed by atoms with van der Waals surface area (Å²) >= 11 is 0. The number of sulfonamides is 1.